The zero-order valence-corrected chi connectivity index (χ0v) is 15.0. The van der Waals surface area contributed by atoms with Gasteiger partial charge in [-0.3, -0.25) is 4.79 Å². The summed E-state index contributed by atoms with van der Waals surface area (Å²) >= 11 is 0. The minimum absolute atomic E-state index is 0.0399. The molecule has 0 aliphatic heterocycles. The number of carbonyl (C=O) groups is 1. The molecule has 7 nitrogen and oxygen atoms in total. The van der Waals surface area contributed by atoms with E-state index < -0.39 is 12.2 Å². The van der Waals surface area contributed by atoms with E-state index in [0.717, 1.165) is 0 Å². The Morgan fingerprint density at radius 2 is 1.92 bits per heavy atom. The van der Waals surface area contributed by atoms with Crippen molar-refractivity contribution in [3.63, 3.8) is 0 Å². The third kappa shape index (κ3) is 4.16. The maximum absolute atomic E-state index is 12.6. The lowest BCUT2D eigenvalue weighted by atomic mass is 9.92. The van der Waals surface area contributed by atoms with Gasteiger partial charge in [0.1, 0.15) is 5.75 Å². The van der Waals surface area contributed by atoms with Gasteiger partial charge < -0.3 is 15.8 Å². The van der Waals surface area contributed by atoms with E-state index in [1.54, 1.807) is 19.1 Å². The number of amides is 1. The number of ether oxygens (including phenoxy) is 1. The predicted molar refractivity (Wildman–Crippen MR) is 92.6 cm³/mol. The number of halogens is 2. The lowest BCUT2D eigenvalue weighted by molar-refractivity contribution is -0.0498. The Labute approximate surface area is 150 Å². The molecule has 0 bridgehead atoms. The van der Waals surface area contributed by atoms with Crippen LogP contribution in [0.15, 0.2) is 24.3 Å². The molecule has 3 N–H and O–H groups in total. The number of aromatic nitrogens is 3. The highest BCUT2D eigenvalue weighted by Gasteiger charge is 2.29. The molecule has 0 fully saturated rings. The number of nitrogens with one attached hydrogen (secondary N) is 1. The van der Waals surface area contributed by atoms with Crippen LogP contribution in [0.2, 0.25) is 0 Å². The highest BCUT2D eigenvalue weighted by Crippen LogP contribution is 2.19. The van der Waals surface area contributed by atoms with Gasteiger partial charge in [0.25, 0.3) is 5.91 Å². The Bertz CT molecular complexity index is 734. The van der Waals surface area contributed by atoms with Crippen LogP contribution in [0.25, 0.3) is 5.69 Å². The van der Waals surface area contributed by atoms with Crippen molar-refractivity contribution in [2.45, 2.75) is 45.8 Å². The Hall–Kier alpha value is -2.55. The van der Waals surface area contributed by atoms with E-state index in [1.807, 2.05) is 13.8 Å². The van der Waals surface area contributed by atoms with Crippen LogP contribution < -0.4 is 15.8 Å². The zero-order chi connectivity index (χ0) is 19.3. The maximum atomic E-state index is 12.6. The van der Waals surface area contributed by atoms with Crippen molar-refractivity contribution in [2.24, 2.45) is 5.73 Å². The summed E-state index contributed by atoms with van der Waals surface area (Å²) in [5.74, 6) is -0.307. The topological polar surface area (TPSA) is 95.1 Å². The summed E-state index contributed by atoms with van der Waals surface area (Å²) in [4.78, 5) is 12.6. The van der Waals surface area contributed by atoms with Gasteiger partial charge >= 0.3 is 6.61 Å². The van der Waals surface area contributed by atoms with Crippen molar-refractivity contribution < 1.29 is 18.3 Å². The second kappa shape index (κ2) is 8.22. The molecule has 0 saturated carbocycles. The first-order valence-electron chi connectivity index (χ1n) is 8.36. The highest BCUT2D eigenvalue weighted by atomic mass is 19.3. The summed E-state index contributed by atoms with van der Waals surface area (Å²) < 4.78 is 30.2. The van der Waals surface area contributed by atoms with Crippen molar-refractivity contribution in [1.29, 1.82) is 0 Å². The number of nitrogens with zero attached hydrogens (tertiary/aromatic N) is 3. The fourth-order valence-electron chi connectivity index (χ4n) is 2.62. The lowest BCUT2D eigenvalue weighted by Crippen LogP contribution is -2.53. The number of rotatable bonds is 8. The molecule has 1 aromatic carbocycles. The molecule has 1 heterocycles. The first-order chi connectivity index (χ1) is 12.4. The molecule has 0 aliphatic rings. The molecule has 142 valence electrons. The van der Waals surface area contributed by atoms with Crippen molar-refractivity contribution >= 4 is 5.91 Å². The van der Waals surface area contributed by atoms with Gasteiger partial charge in [0.15, 0.2) is 5.69 Å². The Morgan fingerprint density at radius 1 is 1.31 bits per heavy atom. The fourth-order valence-corrected chi connectivity index (χ4v) is 2.62. The molecular formula is C17H23F2N5O2. The van der Waals surface area contributed by atoms with Gasteiger partial charge in [-0.1, -0.05) is 19.1 Å². The van der Waals surface area contributed by atoms with E-state index in [-0.39, 0.29) is 17.4 Å². The molecule has 0 atom stereocenters. The molecule has 0 aliphatic carbocycles. The minimum Gasteiger partial charge on any atom is -0.435 e. The first-order valence-corrected chi connectivity index (χ1v) is 8.36. The Morgan fingerprint density at radius 3 is 2.42 bits per heavy atom. The third-order valence-corrected chi connectivity index (χ3v) is 4.54. The second-order valence-corrected chi connectivity index (χ2v) is 5.95. The Kier molecular flexibility index (Phi) is 6.25. The molecule has 26 heavy (non-hydrogen) atoms. The number of carbonyl (C=O) groups excluding carboxylic acids is 1. The molecular weight excluding hydrogens is 344 g/mol. The highest BCUT2D eigenvalue weighted by molar-refractivity contribution is 5.93. The third-order valence-electron chi connectivity index (χ3n) is 4.54. The van der Waals surface area contributed by atoms with E-state index in [0.29, 0.717) is 30.8 Å². The molecule has 0 spiro atoms. The van der Waals surface area contributed by atoms with Crippen LogP contribution in [0.4, 0.5) is 8.78 Å². The van der Waals surface area contributed by atoms with Crippen LogP contribution in [0.1, 0.15) is 42.9 Å². The molecule has 1 aromatic heterocycles. The quantitative estimate of drug-likeness (QED) is 0.747. The van der Waals surface area contributed by atoms with Crippen molar-refractivity contribution in [3.05, 3.63) is 35.7 Å². The summed E-state index contributed by atoms with van der Waals surface area (Å²) in [6.45, 7) is 3.07. The van der Waals surface area contributed by atoms with Gasteiger partial charge in [0.05, 0.1) is 16.9 Å². The lowest BCUT2D eigenvalue weighted by Gasteiger charge is -2.31. The molecule has 9 heteroatoms. The fraction of sp³-hybridized carbons (Fsp3) is 0.471. The number of hydrogen-bond donors (Lipinski definition) is 2. The smallest absolute Gasteiger partial charge is 0.387 e. The average Bonchev–Trinajstić information content (AvgIpc) is 3.01. The van der Waals surface area contributed by atoms with Gasteiger partial charge in [-0.25, -0.2) is 4.68 Å². The minimum atomic E-state index is -2.89. The van der Waals surface area contributed by atoms with Crippen LogP contribution in [0, 0.1) is 6.92 Å². The number of benzene rings is 1. The second-order valence-electron chi connectivity index (χ2n) is 5.95. The van der Waals surface area contributed by atoms with Crippen molar-refractivity contribution in [3.8, 4) is 11.4 Å². The normalized spacial score (nSPS) is 11.7. The van der Waals surface area contributed by atoms with E-state index in [4.69, 9.17) is 5.73 Å². The van der Waals surface area contributed by atoms with Gasteiger partial charge in [-0.15, -0.1) is 5.10 Å². The number of hydrogen-bond acceptors (Lipinski definition) is 5. The molecule has 1 amide bonds. The molecule has 2 rings (SSSR count). The van der Waals surface area contributed by atoms with E-state index in [1.165, 1.54) is 16.8 Å². The number of alkyl halides is 2. The summed E-state index contributed by atoms with van der Waals surface area (Å²) in [5, 5.41) is 10.9. The van der Waals surface area contributed by atoms with Crippen LogP contribution in [0.5, 0.6) is 5.75 Å². The summed E-state index contributed by atoms with van der Waals surface area (Å²) in [5.41, 5.74) is 6.63. The molecule has 0 saturated heterocycles. The first kappa shape index (κ1) is 19.8. The molecule has 0 radical (unpaired) electrons. The van der Waals surface area contributed by atoms with Gasteiger partial charge in [0, 0.05) is 6.54 Å². The SMILES string of the molecule is CCC(CC)(CN)NC(=O)c1nnn(-c2ccc(OC(F)F)cc2)c1C. The molecule has 0 unspecified atom stereocenters. The number of nitrogens with two attached hydrogens (primary N) is 1. The maximum Gasteiger partial charge on any atom is 0.387 e. The van der Waals surface area contributed by atoms with E-state index in [9.17, 15) is 13.6 Å². The monoisotopic (exact) mass is 367 g/mol. The van der Waals surface area contributed by atoms with E-state index >= 15 is 0 Å². The van der Waals surface area contributed by atoms with Gasteiger partial charge in [-0.05, 0) is 44.0 Å². The average molecular weight is 367 g/mol. The largest absolute Gasteiger partial charge is 0.435 e. The molecule has 2 aromatic rings. The zero-order valence-electron chi connectivity index (χ0n) is 15.0. The van der Waals surface area contributed by atoms with Crippen molar-refractivity contribution in [1.82, 2.24) is 20.3 Å². The van der Waals surface area contributed by atoms with Crippen LogP contribution in [-0.2, 0) is 0 Å². The Balaban J connectivity index is 2.23. The van der Waals surface area contributed by atoms with Gasteiger partial charge in [0.2, 0.25) is 0 Å². The van der Waals surface area contributed by atoms with Crippen LogP contribution in [-0.4, -0.2) is 39.6 Å². The standard InChI is InChI=1S/C17H23F2N5O2/c1-4-17(5-2,10-20)21-15(25)14-11(3)24(23-22-14)12-6-8-13(9-7-12)26-16(18)19/h6-9,16H,4-5,10,20H2,1-3H3,(H,21,25). The summed E-state index contributed by atoms with van der Waals surface area (Å²) in [6.07, 6.45) is 1.40. The van der Waals surface area contributed by atoms with Gasteiger partial charge in [-0.2, -0.15) is 8.78 Å². The predicted octanol–water partition coefficient (Wildman–Crippen LogP) is 2.42. The van der Waals surface area contributed by atoms with E-state index in [2.05, 4.69) is 20.4 Å². The van der Waals surface area contributed by atoms with Crippen LogP contribution in [0.3, 0.4) is 0 Å². The summed E-state index contributed by atoms with van der Waals surface area (Å²) in [6, 6.07) is 5.92. The van der Waals surface area contributed by atoms with Crippen molar-refractivity contribution in [2.75, 3.05) is 6.54 Å². The van der Waals surface area contributed by atoms with Crippen LogP contribution >= 0.6 is 0 Å². The summed E-state index contributed by atoms with van der Waals surface area (Å²) in [7, 11) is 0.